The van der Waals surface area contributed by atoms with Crippen molar-refractivity contribution in [3.05, 3.63) is 66.4 Å². The number of imide groups is 2. The van der Waals surface area contributed by atoms with Gasteiger partial charge in [0.1, 0.15) is 5.75 Å². The van der Waals surface area contributed by atoms with Crippen molar-refractivity contribution in [1.82, 2.24) is 5.32 Å². The molecule has 144 valence electrons. The standard InChI is InChI=1S/C21H21N3O4/c1-4-28-17-11-7-15(8-12-17)22-14(3)18-19(25)23-21(27)24(20(18)26)16-9-5-13(2)6-10-16/h5-12,18,22H,3-4H2,1-2H3,(H,23,25,27)/t18-/m1/s1. The fourth-order valence-electron chi connectivity index (χ4n) is 2.88. The Morgan fingerprint density at radius 3 is 2.36 bits per heavy atom. The molecule has 0 bridgehead atoms. The van der Waals surface area contributed by atoms with E-state index in [-0.39, 0.29) is 5.70 Å². The molecule has 0 aromatic heterocycles. The molecule has 0 saturated carbocycles. The summed E-state index contributed by atoms with van der Waals surface area (Å²) in [6, 6.07) is 13.2. The van der Waals surface area contributed by atoms with Gasteiger partial charge in [-0.3, -0.25) is 14.9 Å². The predicted molar refractivity (Wildman–Crippen MR) is 106 cm³/mol. The molecule has 1 aliphatic rings. The van der Waals surface area contributed by atoms with Crippen molar-refractivity contribution in [3.63, 3.8) is 0 Å². The summed E-state index contributed by atoms with van der Waals surface area (Å²) in [5, 5.41) is 5.19. The summed E-state index contributed by atoms with van der Waals surface area (Å²) >= 11 is 0. The summed E-state index contributed by atoms with van der Waals surface area (Å²) < 4.78 is 5.39. The van der Waals surface area contributed by atoms with E-state index in [1.807, 2.05) is 13.8 Å². The zero-order chi connectivity index (χ0) is 20.3. The Labute approximate surface area is 163 Å². The van der Waals surface area contributed by atoms with Crippen LogP contribution in [-0.2, 0) is 9.59 Å². The molecule has 7 heteroatoms. The van der Waals surface area contributed by atoms with Crippen LogP contribution >= 0.6 is 0 Å². The maximum atomic E-state index is 12.9. The first-order chi connectivity index (χ1) is 13.4. The predicted octanol–water partition coefficient (Wildman–Crippen LogP) is 3.22. The lowest BCUT2D eigenvalue weighted by Crippen LogP contribution is -2.59. The zero-order valence-corrected chi connectivity index (χ0v) is 15.7. The van der Waals surface area contributed by atoms with Crippen molar-refractivity contribution in [2.45, 2.75) is 13.8 Å². The number of barbiturate groups is 1. The number of benzene rings is 2. The molecule has 2 aromatic carbocycles. The Balaban J connectivity index is 1.80. The third-order valence-electron chi connectivity index (χ3n) is 4.27. The summed E-state index contributed by atoms with van der Waals surface area (Å²) in [4.78, 5) is 38.4. The minimum absolute atomic E-state index is 0.177. The van der Waals surface area contributed by atoms with Gasteiger partial charge in [0.25, 0.3) is 5.91 Å². The molecule has 0 aliphatic carbocycles. The highest BCUT2D eigenvalue weighted by molar-refractivity contribution is 6.28. The van der Waals surface area contributed by atoms with Gasteiger partial charge < -0.3 is 10.1 Å². The third-order valence-corrected chi connectivity index (χ3v) is 4.27. The number of aryl methyl sites for hydroxylation is 1. The molecule has 7 nitrogen and oxygen atoms in total. The molecule has 28 heavy (non-hydrogen) atoms. The fourth-order valence-corrected chi connectivity index (χ4v) is 2.88. The summed E-state index contributed by atoms with van der Waals surface area (Å²) in [5.41, 5.74) is 2.20. The van der Waals surface area contributed by atoms with Crippen LogP contribution in [0.1, 0.15) is 12.5 Å². The highest BCUT2D eigenvalue weighted by atomic mass is 16.5. The van der Waals surface area contributed by atoms with Crippen LogP contribution in [0.15, 0.2) is 60.8 Å². The number of urea groups is 1. The summed E-state index contributed by atoms with van der Waals surface area (Å²) in [6.07, 6.45) is 0. The number of ether oxygens (including phenoxy) is 1. The van der Waals surface area contributed by atoms with Crippen LogP contribution in [0.4, 0.5) is 16.2 Å². The first-order valence-corrected chi connectivity index (χ1v) is 8.85. The van der Waals surface area contributed by atoms with Gasteiger partial charge in [-0.05, 0) is 50.2 Å². The highest BCUT2D eigenvalue weighted by Gasteiger charge is 2.42. The van der Waals surface area contributed by atoms with E-state index < -0.39 is 23.8 Å². The van der Waals surface area contributed by atoms with Crippen LogP contribution in [0, 0.1) is 12.8 Å². The van der Waals surface area contributed by atoms with E-state index in [4.69, 9.17) is 4.74 Å². The first kappa shape index (κ1) is 19.2. The zero-order valence-electron chi connectivity index (χ0n) is 15.7. The van der Waals surface area contributed by atoms with Gasteiger partial charge in [-0.15, -0.1) is 0 Å². The second-order valence-corrected chi connectivity index (χ2v) is 6.34. The second-order valence-electron chi connectivity index (χ2n) is 6.34. The molecule has 0 radical (unpaired) electrons. The maximum absolute atomic E-state index is 12.9. The van der Waals surface area contributed by atoms with Crippen molar-refractivity contribution in [1.29, 1.82) is 0 Å². The smallest absolute Gasteiger partial charge is 0.335 e. The topological polar surface area (TPSA) is 87.7 Å². The Bertz CT molecular complexity index is 920. The molecule has 0 unspecified atom stereocenters. The van der Waals surface area contributed by atoms with E-state index in [0.29, 0.717) is 23.7 Å². The maximum Gasteiger partial charge on any atom is 0.335 e. The summed E-state index contributed by atoms with van der Waals surface area (Å²) in [6.45, 7) is 8.18. The Morgan fingerprint density at radius 1 is 1.11 bits per heavy atom. The third kappa shape index (κ3) is 3.88. The average Bonchev–Trinajstić information content (AvgIpc) is 2.64. The lowest BCUT2D eigenvalue weighted by molar-refractivity contribution is -0.132. The van der Waals surface area contributed by atoms with Crippen LogP contribution in [0.5, 0.6) is 5.75 Å². The molecule has 2 N–H and O–H groups in total. The second kappa shape index (κ2) is 7.96. The van der Waals surface area contributed by atoms with Gasteiger partial charge in [0.05, 0.1) is 12.3 Å². The average molecular weight is 379 g/mol. The van der Waals surface area contributed by atoms with Crippen molar-refractivity contribution >= 4 is 29.2 Å². The highest BCUT2D eigenvalue weighted by Crippen LogP contribution is 2.26. The normalized spacial score (nSPS) is 16.6. The molecule has 1 aliphatic heterocycles. The van der Waals surface area contributed by atoms with Crippen molar-refractivity contribution in [2.24, 2.45) is 5.92 Å². The van der Waals surface area contributed by atoms with Gasteiger partial charge >= 0.3 is 6.03 Å². The molecular weight excluding hydrogens is 358 g/mol. The number of nitrogens with one attached hydrogen (secondary N) is 2. The van der Waals surface area contributed by atoms with Gasteiger partial charge in [-0.1, -0.05) is 24.3 Å². The van der Waals surface area contributed by atoms with E-state index in [1.54, 1.807) is 48.5 Å². The monoisotopic (exact) mass is 379 g/mol. The SMILES string of the molecule is C=C(Nc1ccc(OCC)cc1)[C@@H]1C(=O)NC(=O)N(c2ccc(C)cc2)C1=O. The molecule has 0 spiro atoms. The molecule has 1 fully saturated rings. The van der Waals surface area contributed by atoms with Crippen LogP contribution in [0.25, 0.3) is 0 Å². The van der Waals surface area contributed by atoms with Crippen molar-refractivity contribution in [3.8, 4) is 5.75 Å². The Kier molecular flexibility index (Phi) is 5.44. The summed E-state index contributed by atoms with van der Waals surface area (Å²) in [7, 11) is 0. The molecule has 4 amide bonds. The van der Waals surface area contributed by atoms with Gasteiger partial charge in [-0.2, -0.15) is 0 Å². The van der Waals surface area contributed by atoms with E-state index in [2.05, 4.69) is 17.2 Å². The van der Waals surface area contributed by atoms with Crippen molar-refractivity contribution in [2.75, 3.05) is 16.8 Å². The van der Waals surface area contributed by atoms with E-state index in [0.717, 1.165) is 10.5 Å². The van der Waals surface area contributed by atoms with E-state index >= 15 is 0 Å². The molecule has 1 heterocycles. The molecule has 2 aromatic rings. The number of carbonyl (C=O) groups excluding carboxylic acids is 3. The molecule has 1 saturated heterocycles. The minimum Gasteiger partial charge on any atom is -0.494 e. The number of anilines is 2. The number of carbonyl (C=O) groups is 3. The summed E-state index contributed by atoms with van der Waals surface area (Å²) in [5.74, 6) is -1.88. The van der Waals surface area contributed by atoms with Crippen LogP contribution < -0.4 is 20.3 Å². The molecule has 1 atom stereocenters. The number of rotatable bonds is 6. The van der Waals surface area contributed by atoms with E-state index in [1.165, 1.54) is 0 Å². The fraction of sp³-hybridized carbons (Fsp3) is 0.190. The number of hydrogen-bond acceptors (Lipinski definition) is 5. The van der Waals surface area contributed by atoms with Crippen molar-refractivity contribution < 1.29 is 19.1 Å². The largest absolute Gasteiger partial charge is 0.494 e. The number of hydrogen-bond donors (Lipinski definition) is 2. The van der Waals surface area contributed by atoms with E-state index in [9.17, 15) is 14.4 Å². The minimum atomic E-state index is -1.23. The van der Waals surface area contributed by atoms with Crippen LogP contribution in [0.3, 0.4) is 0 Å². The van der Waals surface area contributed by atoms with Gasteiger partial charge in [-0.25, -0.2) is 9.69 Å². The number of nitrogens with zero attached hydrogens (tertiary/aromatic N) is 1. The Morgan fingerprint density at radius 2 is 1.75 bits per heavy atom. The molecule has 3 rings (SSSR count). The van der Waals surface area contributed by atoms with Gasteiger partial charge in [0.15, 0.2) is 5.92 Å². The molecular formula is C21H21N3O4. The van der Waals surface area contributed by atoms with Gasteiger partial charge in [0, 0.05) is 11.4 Å². The Hall–Kier alpha value is -3.61. The lowest BCUT2D eigenvalue weighted by atomic mass is 10.0. The number of amides is 4. The van der Waals surface area contributed by atoms with Crippen LogP contribution in [-0.4, -0.2) is 24.5 Å². The van der Waals surface area contributed by atoms with Gasteiger partial charge in [0.2, 0.25) is 5.91 Å². The lowest BCUT2D eigenvalue weighted by Gasteiger charge is -2.31. The van der Waals surface area contributed by atoms with Crippen LogP contribution in [0.2, 0.25) is 0 Å². The first-order valence-electron chi connectivity index (χ1n) is 8.85. The quantitative estimate of drug-likeness (QED) is 0.753.